The lowest BCUT2D eigenvalue weighted by atomic mass is 9.96. The summed E-state index contributed by atoms with van der Waals surface area (Å²) in [5, 5.41) is 2.41. The normalized spacial score (nSPS) is 23.9. The van der Waals surface area contributed by atoms with Crippen molar-refractivity contribution in [2.24, 2.45) is 0 Å². The molecule has 1 saturated heterocycles. The second-order valence-corrected chi connectivity index (χ2v) is 7.92. The van der Waals surface area contributed by atoms with Crippen LogP contribution in [0.1, 0.15) is 29.7 Å². The van der Waals surface area contributed by atoms with E-state index in [0.717, 1.165) is 24.3 Å². The van der Waals surface area contributed by atoms with Gasteiger partial charge in [-0.2, -0.15) is 0 Å². The largest absolute Gasteiger partial charge is 0.456 e. The summed E-state index contributed by atoms with van der Waals surface area (Å²) >= 11 is 0. The zero-order valence-corrected chi connectivity index (χ0v) is 15.6. The maximum atomic E-state index is 6.09. The predicted octanol–water partition coefficient (Wildman–Crippen LogP) is 5.62. The summed E-state index contributed by atoms with van der Waals surface area (Å²) in [7, 11) is 0. The first-order valence-corrected chi connectivity index (χ1v) is 9.73. The van der Waals surface area contributed by atoms with E-state index >= 15 is 0 Å². The summed E-state index contributed by atoms with van der Waals surface area (Å²) in [5.74, 6) is 0. The number of hydrogen-bond donors (Lipinski definition) is 0. The molecule has 27 heavy (non-hydrogen) atoms. The lowest BCUT2D eigenvalue weighted by Crippen LogP contribution is -2.35. The first kappa shape index (κ1) is 15.3. The molecule has 3 atom stereocenters. The van der Waals surface area contributed by atoms with Crippen LogP contribution in [0.4, 0.5) is 5.69 Å². The van der Waals surface area contributed by atoms with Crippen LogP contribution in [-0.2, 0) is 6.54 Å². The molecule has 2 aliphatic rings. The fourth-order valence-corrected chi connectivity index (χ4v) is 5.07. The highest BCUT2D eigenvalue weighted by Crippen LogP contribution is 2.45. The SMILES string of the molecule is Cc1cc2oc3ccccc3c2cc1N1C2CN(Cc3ccccc32)[C@@H]1C. The Hall–Kier alpha value is -2.78. The van der Waals surface area contributed by atoms with Crippen LogP contribution in [0.25, 0.3) is 21.9 Å². The van der Waals surface area contributed by atoms with Crippen molar-refractivity contribution in [2.75, 3.05) is 11.4 Å². The molecule has 3 nitrogen and oxygen atoms in total. The van der Waals surface area contributed by atoms with Crippen LogP contribution in [0.5, 0.6) is 0 Å². The molecule has 0 N–H and O–H groups in total. The molecule has 6 rings (SSSR count). The summed E-state index contributed by atoms with van der Waals surface area (Å²) in [6, 6.07) is 22.2. The monoisotopic (exact) mass is 354 g/mol. The lowest BCUT2D eigenvalue weighted by molar-refractivity contribution is 0.252. The highest BCUT2D eigenvalue weighted by atomic mass is 16.3. The third kappa shape index (κ3) is 2.06. The predicted molar refractivity (Wildman–Crippen MR) is 110 cm³/mol. The topological polar surface area (TPSA) is 19.6 Å². The minimum atomic E-state index is 0.386. The number of hydrogen-bond acceptors (Lipinski definition) is 3. The van der Waals surface area contributed by atoms with E-state index in [1.54, 1.807) is 0 Å². The van der Waals surface area contributed by atoms with Gasteiger partial charge in [-0.3, -0.25) is 4.90 Å². The van der Waals surface area contributed by atoms with Crippen molar-refractivity contribution < 1.29 is 4.42 Å². The Morgan fingerprint density at radius 1 is 0.926 bits per heavy atom. The van der Waals surface area contributed by atoms with Crippen molar-refractivity contribution in [3.63, 3.8) is 0 Å². The van der Waals surface area contributed by atoms with Gasteiger partial charge in [0.05, 0.1) is 12.2 Å². The summed E-state index contributed by atoms with van der Waals surface area (Å²) in [4.78, 5) is 5.20. The average Bonchev–Trinajstić information content (AvgIpc) is 3.17. The van der Waals surface area contributed by atoms with Crippen molar-refractivity contribution in [1.29, 1.82) is 0 Å². The molecule has 3 aromatic carbocycles. The Labute approximate surface area is 158 Å². The van der Waals surface area contributed by atoms with Gasteiger partial charge in [0.15, 0.2) is 0 Å². The molecule has 1 fully saturated rings. The molecule has 0 saturated carbocycles. The van der Waals surface area contributed by atoms with Crippen LogP contribution in [-0.4, -0.2) is 17.6 Å². The maximum Gasteiger partial charge on any atom is 0.135 e. The Morgan fingerprint density at radius 2 is 1.74 bits per heavy atom. The second-order valence-electron chi connectivity index (χ2n) is 7.92. The van der Waals surface area contributed by atoms with Crippen molar-refractivity contribution in [1.82, 2.24) is 4.90 Å². The molecule has 1 aromatic heterocycles. The Balaban J connectivity index is 1.57. The quantitative estimate of drug-likeness (QED) is 0.442. The van der Waals surface area contributed by atoms with Crippen LogP contribution in [0, 0.1) is 6.92 Å². The van der Waals surface area contributed by atoms with E-state index in [-0.39, 0.29) is 0 Å². The second kappa shape index (κ2) is 5.37. The number of rotatable bonds is 1. The van der Waals surface area contributed by atoms with Gasteiger partial charge in [0.1, 0.15) is 11.2 Å². The molecule has 2 bridgehead atoms. The maximum absolute atomic E-state index is 6.09. The zero-order valence-electron chi connectivity index (χ0n) is 15.6. The Kier molecular flexibility index (Phi) is 3.04. The van der Waals surface area contributed by atoms with Crippen LogP contribution in [0.2, 0.25) is 0 Å². The number of para-hydroxylation sites is 1. The Bertz CT molecular complexity index is 1190. The van der Waals surface area contributed by atoms with Gasteiger partial charge in [-0.25, -0.2) is 0 Å². The standard InChI is InChI=1S/C24H22N2O/c1-15-11-24-20(19-9-5-6-10-23(19)27-24)12-21(15)26-16(2)25-13-17-7-3-4-8-18(17)22(26)14-25/h3-12,16,22H,13-14H2,1-2H3/t16-,22?/m0/s1. The molecule has 0 spiro atoms. The third-order valence-corrected chi connectivity index (χ3v) is 6.44. The van der Waals surface area contributed by atoms with Gasteiger partial charge in [0.2, 0.25) is 0 Å². The van der Waals surface area contributed by atoms with E-state index in [9.17, 15) is 0 Å². The van der Waals surface area contributed by atoms with Gasteiger partial charge in [-0.05, 0) is 48.7 Å². The molecule has 2 aliphatic heterocycles. The summed E-state index contributed by atoms with van der Waals surface area (Å²) in [6.45, 7) is 6.68. The van der Waals surface area contributed by atoms with Crippen LogP contribution < -0.4 is 4.90 Å². The van der Waals surface area contributed by atoms with E-state index in [4.69, 9.17) is 4.42 Å². The molecule has 134 valence electrons. The van der Waals surface area contributed by atoms with Crippen molar-refractivity contribution in [3.8, 4) is 0 Å². The van der Waals surface area contributed by atoms with E-state index < -0.39 is 0 Å². The fraction of sp³-hybridized carbons (Fsp3) is 0.250. The van der Waals surface area contributed by atoms with Crippen molar-refractivity contribution in [2.45, 2.75) is 32.6 Å². The average molecular weight is 354 g/mol. The van der Waals surface area contributed by atoms with E-state index in [1.165, 1.54) is 33.2 Å². The van der Waals surface area contributed by atoms with Gasteiger partial charge >= 0.3 is 0 Å². The summed E-state index contributed by atoms with van der Waals surface area (Å²) in [6.07, 6.45) is 0.386. The van der Waals surface area contributed by atoms with Gasteiger partial charge in [-0.15, -0.1) is 0 Å². The summed E-state index contributed by atoms with van der Waals surface area (Å²) in [5.41, 5.74) is 7.50. The number of aryl methyl sites for hydroxylation is 1. The van der Waals surface area contributed by atoms with Crippen LogP contribution >= 0.6 is 0 Å². The molecule has 0 radical (unpaired) electrons. The number of nitrogens with zero attached hydrogens (tertiary/aromatic N) is 2. The van der Waals surface area contributed by atoms with Crippen molar-refractivity contribution in [3.05, 3.63) is 77.4 Å². The molecule has 3 heterocycles. The molecular formula is C24H22N2O. The minimum Gasteiger partial charge on any atom is -0.456 e. The lowest BCUT2D eigenvalue weighted by Gasteiger charge is -2.31. The summed E-state index contributed by atoms with van der Waals surface area (Å²) < 4.78 is 6.09. The van der Waals surface area contributed by atoms with E-state index in [2.05, 4.69) is 78.2 Å². The fourth-order valence-electron chi connectivity index (χ4n) is 5.07. The van der Waals surface area contributed by atoms with E-state index in [1.807, 2.05) is 6.07 Å². The molecule has 0 amide bonds. The first-order valence-electron chi connectivity index (χ1n) is 9.73. The smallest absolute Gasteiger partial charge is 0.135 e. The first-order chi connectivity index (χ1) is 13.2. The highest BCUT2D eigenvalue weighted by Gasteiger charge is 2.42. The van der Waals surface area contributed by atoms with Gasteiger partial charge in [0, 0.05) is 29.5 Å². The molecule has 3 heteroatoms. The van der Waals surface area contributed by atoms with Crippen molar-refractivity contribution >= 4 is 27.6 Å². The zero-order chi connectivity index (χ0) is 18.1. The third-order valence-electron chi connectivity index (χ3n) is 6.44. The minimum absolute atomic E-state index is 0.386. The number of furan rings is 1. The number of anilines is 1. The van der Waals surface area contributed by atoms with Crippen LogP contribution in [0.15, 0.2) is 65.1 Å². The van der Waals surface area contributed by atoms with E-state index in [0.29, 0.717) is 12.2 Å². The molecule has 2 unspecified atom stereocenters. The number of fused-ring (bicyclic) bond motifs is 7. The Morgan fingerprint density at radius 3 is 2.67 bits per heavy atom. The van der Waals surface area contributed by atoms with Gasteiger partial charge in [0.25, 0.3) is 0 Å². The molecule has 0 aliphatic carbocycles. The van der Waals surface area contributed by atoms with Gasteiger partial charge in [-0.1, -0.05) is 42.5 Å². The van der Waals surface area contributed by atoms with Crippen LogP contribution in [0.3, 0.4) is 0 Å². The highest BCUT2D eigenvalue weighted by molar-refractivity contribution is 6.06. The molecule has 4 aromatic rings. The number of benzene rings is 3. The van der Waals surface area contributed by atoms with Gasteiger partial charge < -0.3 is 9.32 Å². The molecular weight excluding hydrogens is 332 g/mol.